The summed E-state index contributed by atoms with van der Waals surface area (Å²) in [5.74, 6) is 0.388. The summed E-state index contributed by atoms with van der Waals surface area (Å²) < 4.78 is 7.36. The molecule has 0 aliphatic rings. The number of hydrogen-bond donors (Lipinski definition) is 0. The minimum atomic E-state index is 0.388. The van der Waals surface area contributed by atoms with Crippen LogP contribution in [-0.2, 0) is 0 Å². The second-order valence-corrected chi connectivity index (χ2v) is 4.95. The molecule has 0 bridgehead atoms. The summed E-state index contributed by atoms with van der Waals surface area (Å²) >= 11 is 12.3. The van der Waals surface area contributed by atoms with Crippen molar-refractivity contribution in [1.82, 2.24) is 9.78 Å². The van der Waals surface area contributed by atoms with E-state index >= 15 is 0 Å². The molecule has 0 aliphatic carbocycles. The van der Waals surface area contributed by atoms with Crippen LogP contribution in [0.1, 0.15) is 0 Å². The molecule has 3 rings (SSSR count). The van der Waals surface area contributed by atoms with E-state index in [0.717, 1.165) is 0 Å². The first kappa shape index (κ1) is 13.0. The van der Waals surface area contributed by atoms with Gasteiger partial charge in [0.15, 0.2) is 6.20 Å². The fraction of sp³-hybridized carbons (Fsp3) is 0.0769. The zero-order valence-electron chi connectivity index (χ0n) is 10.4. The number of fused-ring (bicyclic) bond motifs is 1. The molecule has 0 saturated heterocycles. The molecule has 0 amide bonds. The second kappa shape index (κ2) is 4.85. The van der Waals surface area contributed by atoms with Gasteiger partial charge in [-0.05, 0) is 12.1 Å². The summed E-state index contributed by atoms with van der Waals surface area (Å²) in [5.41, 5.74) is 1.13. The van der Waals surface area contributed by atoms with Crippen LogP contribution in [0, 0.1) is 5.21 Å². The number of para-hydroxylation sites is 1. The van der Waals surface area contributed by atoms with Gasteiger partial charge >= 0.3 is 0 Å². The lowest BCUT2D eigenvalue weighted by Gasteiger charge is -2.05. The zero-order chi connectivity index (χ0) is 14.3. The van der Waals surface area contributed by atoms with E-state index in [4.69, 9.17) is 27.9 Å². The molecule has 0 aliphatic heterocycles. The van der Waals surface area contributed by atoms with Crippen molar-refractivity contribution >= 4 is 34.1 Å². The van der Waals surface area contributed by atoms with Gasteiger partial charge in [-0.25, -0.2) is 4.68 Å². The topological polar surface area (TPSA) is 54.0 Å². The molecule has 0 atom stereocenters. The van der Waals surface area contributed by atoms with Crippen molar-refractivity contribution in [2.75, 3.05) is 7.11 Å². The molecule has 0 radical (unpaired) electrons. The summed E-state index contributed by atoms with van der Waals surface area (Å²) in [6.45, 7) is 0. The predicted molar refractivity (Wildman–Crippen MR) is 76.6 cm³/mol. The third kappa shape index (κ3) is 2.05. The highest BCUT2D eigenvalue weighted by Crippen LogP contribution is 2.30. The summed E-state index contributed by atoms with van der Waals surface area (Å²) in [7, 11) is 1.48. The molecule has 0 fully saturated rings. The van der Waals surface area contributed by atoms with Crippen molar-refractivity contribution in [3.63, 3.8) is 0 Å². The first-order valence-electron chi connectivity index (χ1n) is 5.70. The second-order valence-electron chi connectivity index (χ2n) is 4.13. The van der Waals surface area contributed by atoms with Gasteiger partial charge in [-0.1, -0.05) is 29.3 Å². The maximum absolute atomic E-state index is 11.5. The van der Waals surface area contributed by atoms with Gasteiger partial charge < -0.3 is 9.94 Å². The van der Waals surface area contributed by atoms with Crippen molar-refractivity contribution in [2.45, 2.75) is 0 Å². The Bertz CT molecular complexity index is 781. The smallest absolute Gasteiger partial charge is 0.224 e. The molecule has 2 aromatic heterocycles. The molecule has 3 aromatic rings. The highest BCUT2D eigenvalue weighted by atomic mass is 35.5. The SMILES string of the molecule is COc1c[n+]([O-])cc2cn(-c3c(Cl)cccc3Cl)nc12. The summed E-state index contributed by atoms with van der Waals surface area (Å²) in [5, 5.41) is 17.5. The van der Waals surface area contributed by atoms with E-state index in [1.165, 1.54) is 24.2 Å². The van der Waals surface area contributed by atoms with Gasteiger partial charge in [0.1, 0.15) is 11.2 Å². The van der Waals surface area contributed by atoms with E-state index in [1.807, 2.05) is 0 Å². The molecule has 0 saturated carbocycles. The molecule has 7 heteroatoms. The van der Waals surface area contributed by atoms with Crippen LogP contribution < -0.4 is 9.47 Å². The fourth-order valence-electron chi connectivity index (χ4n) is 2.00. The minimum Gasteiger partial charge on any atom is -0.619 e. The van der Waals surface area contributed by atoms with Gasteiger partial charge in [-0.2, -0.15) is 9.83 Å². The molecule has 0 unspecified atom stereocenters. The molecular formula is C13H9Cl2N3O2. The van der Waals surface area contributed by atoms with Crippen molar-refractivity contribution in [3.8, 4) is 11.4 Å². The first-order valence-corrected chi connectivity index (χ1v) is 6.46. The lowest BCUT2D eigenvalue weighted by Crippen LogP contribution is -2.24. The van der Waals surface area contributed by atoms with Crippen LogP contribution in [0.3, 0.4) is 0 Å². The highest BCUT2D eigenvalue weighted by molar-refractivity contribution is 6.37. The van der Waals surface area contributed by atoms with E-state index in [1.54, 1.807) is 24.4 Å². The Labute approximate surface area is 124 Å². The Morgan fingerprint density at radius 3 is 2.60 bits per heavy atom. The van der Waals surface area contributed by atoms with Crippen LogP contribution in [0.25, 0.3) is 16.6 Å². The molecule has 2 heterocycles. The van der Waals surface area contributed by atoms with E-state index in [9.17, 15) is 5.21 Å². The third-order valence-corrected chi connectivity index (χ3v) is 3.48. The Hall–Kier alpha value is -1.98. The molecule has 1 aromatic carbocycles. The van der Waals surface area contributed by atoms with Gasteiger partial charge in [0.05, 0.1) is 22.5 Å². The van der Waals surface area contributed by atoms with Crippen LogP contribution in [0.4, 0.5) is 0 Å². The summed E-state index contributed by atoms with van der Waals surface area (Å²) in [6, 6.07) is 5.20. The standard InChI is InChI=1S/C13H9Cl2N3O2/c1-20-11-7-17(19)5-8-6-18(16-12(8)11)13-9(14)3-2-4-10(13)15/h2-7H,1H3. The Kier molecular flexibility index (Phi) is 3.16. The van der Waals surface area contributed by atoms with Crippen molar-refractivity contribution in [3.05, 3.63) is 52.0 Å². The molecule has 0 N–H and O–H groups in total. The zero-order valence-corrected chi connectivity index (χ0v) is 11.9. The average Bonchev–Trinajstić information content (AvgIpc) is 2.80. The number of nitrogens with zero attached hydrogens (tertiary/aromatic N) is 3. The van der Waals surface area contributed by atoms with Crippen LogP contribution in [0.15, 0.2) is 36.8 Å². The van der Waals surface area contributed by atoms with Crippen molar-refractivity contribution in [2.24, 2.45) is 0 Å². The number of hydrogen-bond acceptors (Lipinski definition) is 3. The molecule has 20 heavy (non-hydrogen) atoms. The highest BCUT2D eigenvalue weighted by Gasteiger charge is 2.15. The monoisotopic (exact) mass is 309 g/mol. The number of methoxy groups -OCH3 is 1. The quantitative estimate of drug-likeness (QED) is 0.540. The summed E-state index contributed by atoms with van der Waals surface area (Å²) in [6.07, 6.45) is 4.40. The maximum atomic E-state index is 11.5. The number of benzene rings is 1. The molecule has 0 spiro atoms. The Morgan fingerprint density at radius 2 is 1.95 bits per heavy atom. The van der Waals surface area contributed by atoms with Gasteiger partial charge in [0, 0.05) is 6.20 Å². The average molecular weight is 310 g/mol. The minimum absolute atomic E-state index is 0.388. The van der Waals surface area contributed by atoms with E-state index < -0.39 is 0 Å². The summed E-state index contributed by atoms with van der Waals surface area (Å²) in [4.78, 5) is 0. The Morgan fingerprint density at radius 1 is 1.25 bits per heavy atom. The van der Waals surface area contributed by atoms with Gasteiger partial charge in [-0.15, -0.1) is 0 Å². The lowest BCUT2D eigenvalue weighted by molar-refractivity contribution is -0.604. The lowest BCUT2D eigenvalue weighted by atomic mass is 10.3. The number of aromatic nitrogens is 3. The normalized spacial score (nSPS) is 10.9. The maximum Gasteiger partial charge on any atom is 0.224 e. The van der Waals surface area contributed by atoms with Gasteiger partial charge in [0.2, 0.25) is 11.9 Å². The van der Waals surface area contributed by atoms with Crippen LogP contribution >= 0.6 is 23.2 Å². The predicted octanol–water partition coefficient (Wildman–Crippen LogP) is 2.97. The van der Waals surface area contributed by atoms with Gasteiger partial charge in [-0.3, -0.25) is 0 Å². The van der Waals surface area contributed by atoms with E-state index in [0.29, 0.717) is 37.1 Å². The Balaban J connectivity index is 2.28. The van der Waals surface area contributed by atoms with Gasteiger partial charge in [0.25, 0.3) is 0 Å². The van der Waals surface area contributed by atoms with E-state index in [-0.39, 0.29) is 0 Å². The largest absolute Gasteiger partial charge is 0.619 e. The molecule has 5 nitrogen and oxygen atoms in total. The number of halogens is 2. The number of pyridine rings is 1. The third-order valence-electron chi connectivity index (χ3n) is 2.87. The van der Waals surface area contributed by atoms with Crippen LogP contribution in [-0.4, -0.2) is 16.9 Å². The van der Waals surface area contributed by atoms with Crippen molar-refractivity contribution in [1.29, 1.82) is 0 Å². The van der Waals surface area contributed by atoms with Crippen LogP contribution in [0.5, 0.6) is 5.75 Å². The van der Waals surface area contributed by atoms with E-state index in [2.05, 4.69) is 5.10 Å². The fourth-order valence-corrected chi connectivity index (χ4v) is 2.57. The van der Waals surface area contributed by atoms with Crippen molar-refractivity contribution < 1.29 is 9.47 Å². The number of ether oxygens (including phenoxy) is 1. The van der Waals surface area contributed by atoms with Crippen LogP contribution in [0.2, 0.25) is 10.0 Å². The first-order chi connectivity index (χ1) is 9.60. The molecule has 102 valence electrons. The number of rotatable bonds is 2. The molecular weight excluding hydrogens is 301 g/mol.